The fraction of sp³-hybridized carbons (Fsp3) is 0.200. The van der Waals surface area contributed by atoms with Crippen molar-refractivity contribution in [3.63, 3.8) is 0 Å². The van der Waals surface area contributed by atoms with Crippen molar-refractivity contribution in [1.29, 1.82) is 0 Å². The smallest absolute Gasteiger partial charge is 0.329 e. The molecule has 6 heteroatoms. The highest BCUT2D eigenvalue weighted by Crippen LogP contribution is 2.20. The van der Waals surface area contributed by atoms with Gasteiger partial charge in [0.1, 0.15) is 10.4 Å². The first kappa shape index (κ1) is 13.6. The third-order valence-corrected chi connectivity index (χ3v) is 4.43. The van der Waals surface area contributed by atoms with Crippen LogP contribution in [0.1, 0.15) is 18.5 Å². The van der Waals surface area contributed by atoms with E-state index in [0.29, 0.717) is 10.2 Å². The van der Waals surface area contributed by atoms with Crippen molar-refractivity contribution < 1.29 is 4.74 Å². The molecule has 0 bridgehead atoms. The number of nitrogens with zero attached hydrogens (tertiary/aromatic N) is 1. The number of H-pyrrole nitrogens is 1. The van der Waals surface area contributed by atoms with Crippen molar-refractivity contribution in [1.82, 2.24) is 9.55 Å². The molecule has 0 radical (unpaired) electrons. The number of benzene rings is 1. The van der Waals surface area contributed by atoms with E-state index in [9.17, 15) is 9.59 Å². The maximum absolute atomic E-state index is 12.5. The van der Waals surface area contributed by atoms with E-state index in [4.69, 9.17) is 4.74 Å². The number of hydrogen-bond donors (Lipinski definition) is 1. The second-order valence-corrected chi connectivity index (χ2v) is 5.63. The molecule has 0 fully saturated rings. The Bertz CT molecular complexity index is 890. The van der Waals surface area contributed by atoms with Crippen LogP contribution >= 0.6 is 11.3 Å². The number of fused-ring (bicyclic) bond motifs is 1. The summed E-state index contributed by atoms with van der Waals surface area (Å²) in [5.74, 6) is 0.737. The zero-order valence-corrected chi connectivity index (χ0v) is 12.4. The van der Waals surface area contributed by atoms with E-state index in [2.05, 4.69) is 4.98 Å². The normalized spacial score (nSPS) is 12.5. The molecule has 0 saturated heterocycles. The summed E-state index contributed by atoms with van der Waals surface area (Å²) in [6, 6.07) is 8.73. The lowest BCUT2D eigenvalue weighted by atomic mass is 10.1. The molecule has 0 amide bonds. The van der Waals surface area contributed by atoms with Crippen LogP contribution in [0.3, 0.4) is 0 Å². The number of methoxy groups -OCH3 is 1. The lowest BCUT2D eigenvalue weighted by molar-refractivity contribution is 0.414. The van der Waals surface area contributed by atoms with Gasteiger partial charge in [0.25, 0.3) is 5.56 Å². The van der Waals surface area contributed by atoms with Gasteiger partial charge >= 0.3 is 5.69 Å². The van der Waals surface area contributed by atoms with Gasteiger partial charge < -0.3 is 9.72 Å². The topological polar surface area (TPSA) is 64.1 Å². The van der Waals surface area contributed by atoms with Gasteiger partial charge in [-0.1, -0.05) is 12.1 Å². The van der Waals surface area contributed by atoms with E-state index >= 15 is 0 Å². The zero-order valence-electron chi connectivity index (χ0n) is 11.6. The Morgan fingerprint density at radius 2 is 1.90 bits per heavy atom. The Morgan fingerprint density at radius 3 is 2.57 bits per heavy atom. The Kier molecular flexibility index (Phi) is 3.39. The minimum atomic E-state index is -0.394. The molecular formula is C15H14N2O3S. The van der Waals surface area contributed by atoms with E-state index in [1.165, 1.54) is 15.9 Å². The number of hydrogen-bond acceptors (Lipinski definition) is 4. The molecule has 2 aromatic heterocycles. The van der Waals surface area contributed by atoms with Crippen LogP contribution in [0, 0.1) is 0 Å². The fourth-order valence-corrected chi connectivity index (χ4v) is 3.12. The maximum atomic E-state index is 12.5. The first-order chi connectivity index (χ1) is 10.1. The van der Waals surface area contributed by atoms with Crippen molar-refractivity contribution in [2.75, 3.05) is 7.11 Å². The maximum Gasteiger partial charge on any atom is 0.329 e. The van der Waals surface area contributed by atoms with Gasteiger partial charge in [-0.05, 0) is 36.1 Å². The largest absolute Gasteiger partial charge is 0.497 e. The highest BCUT2D eigenvalue weighted by molar-refractivity contribution is 7.17. The van der Waals surface area contributed by atoms with Crippen LogP contribution in [-0.2, 0) is 0 Å². The van der Waals surface area contributed by atoms with Gasteiger partial charge in [-0.25, -0.2) is 4.79 Å². The molecule has 108 valence electrons. The van der Waals surface area contributed by atoms with Crippen LogP contribution in [0.5, 0.6) is 5.75 Å². The van der Waals surface area contributed by atoms with Gasteiger partial charge in [-0.15, -0.1) is 11.3 Å². The standard InChI is InChI=1S/C15H14N2O3S/c1-9(10-3-5-11(20-2)6-4-10)17-14(18)13-12(7-8-21-13)16-15(17)19/h3-9H,1-2H3,(H,16,19). The Hall–Kier alpha value is -2.34. The SMILES string of the molecule is COc1ccc(C(C)n2c(=O)[nH]c3ccsc3c2=O)cc1. The number of ether oxygens (including phenoxy) is 1. The third-order valence-electron chi connectivity index (χ3n) is 3.52. The van der Waals surface area contributed by atoms with Gasteiger partial charge in [-0.2, -0.15) is 0 Å². The quantitative estimate of drug-likeness (QED) is 0.808. The second-order valence-electron chi connectivity index (χ2n) is 4.72. The van der Waals surface area contributed by atoms with Gasteiger partial charge in [0.05, 0.1) is 18.7 Å². The molecule has 1 unspecified atom stereocenters. The van der Waals surface area contributed by atoms with Crippen molar-refractivity contribution in [3.05, 3.63) is 62.1 Å². The number of aromatic amines is 1. The molecule has 0 saturated carbocycles. The number of thiophene rings is 1. The van der Waals surface area contributed by atoms with Gasteiger partial charge in [0.2, 0.25) is 0 Å². The molecular weight excluding hydrogens is 288 g/mol. The summed E-state index contributed by atoms with van der Waals surface area (Å²) in [6.45, 7) is 1.83. The number of rotatable bonds is 3. The molecule has 1 atom stereocenters. The molecule has 0 aliphatic rings. The molecule has 3 aromatic rings. The van der Waals surface area contributed by atoms with E-state index in [0.717, 1.165) is 11.3 Å². The summed E-state index contributed by atoms with van der Waals surface area (Å²) < 4.78 is 6.93. The molecule has 1 aromatic carbocycles. The molecule has 0 aliphatic carbocycles. The highest BCUT2D eigenvalue weighted by atomic mass is 32.1. The van der Waals surface area contributed by atoms with Gasteiger partial charge in [0.15, 0.2) is 0 Å². The lowest BCUT2D eigenvalue weighted by Gasteiger charge is -2.14. The number of aromatic nitrogens is 2. The van der Waals surface area contributed by atoms with Crippen LogP contribution < -0.4 is 16.0 Å². The molecule has 0 aliphatic heterocycles. The summed E-state index contributed by atoms with van der Waals surface area (Å²) in [4.78, 5) is 27.4. The van der Waals surface area contributed by atoms with E-state index in [1.807, 2.05) is 31.2 Å². The summed E-state index contributed by atoms with van der Waals surface area (Å²) in [6.07, 6.45) is 0. The molecule has 2 heterocycles. The minimum absolute atomic E-state index is 0.257. The predicted octanol–water partition coefficient (Wildman–Crippen LogP) is 2.37. The van der Waals surface area contributed by atoms with Crippen molar-refractivity contribution >= 4 is 21.6 Å². The lowest BCUT2D eigenvalue weighted by Crippen LogP contribution is -2.37. The van der Waals surface area contributed by atoms with Gasteiger partial charge in [0, 0.05) is 0 Å². The average Bonchev–Trinajstić information content (AvgIpc) is 2.95. The van der Waals surface area contributed by atoms with Crippen molar-refractivity contribution in [3.8, 4) is 5.75 Å². The molecule has 3 rings (SSSR count). The number of nitrogens with one attached hydrogen (secondary N) is 1. The van der Waals surface area contributed by atoms with Crippen LogP contribution in [0.2, 0.25) is 0 Å². The first-order valence-corrected chi connectivity index (χ1v) is 7.35. The molecule has 21 heavy (non-hydrogen) atoms. The summed E-state index contributed by atoms with van der Waals surface area (Å²) in [5, 5.41) is 1.80. The minimum Gasteiger partial charge on any atom is -0.497 e. The van der Waals surface area contributed by atoms with Gasteiger partial charge in [-0.3, -0.25) is 9.36 Å². The summed E-state index contributed by atoms with van der Waals surface area (Å²) in [5.41, 5.74) is 0.814. The average molecular weight is 302 g/mol. The summed E-state index contributed by atoms with van der Waals surface area (Å²) in [7, 11) is 1.60. The first-order valence-electron chi connectivity index (χ1n) is 6.48. The van der Waals surface area contributed by atoms with Crippen LogP contribution in [0.25, 0.3) is 10.2 Å². The van der Waals surface area contributed by atoms with Crippen LogP contribution in [-0.4, -0.2) is 16.7 Å². The predicted molar refractivity (Wildman–Crippen MR) is 83.5 cm³/mol. The monoisotopic (exact) mass is 302 g/mol. The van der Waals surface area contributed by atoms with Crippen LogP contribution in [0.15, 0.2) is 45.3 Å². The molecule has 5 nitrogen and oxygen atoms in total. The second kappa shape index (κ2) is 5.21. The van der Waals surface area contributed by atoms with Crippen molar-refractivity contribution in [2.45, 2.75) is 13.0 Å². The fourth-order valence-electron chi connectivity index (χ4n) is 2.33. The Labute approximate surface area is 124 Å². The van der Waals surface area contributed by atoms with Crippen LogP contribution in [0.4, 0.5) is 0 Å². The Morgan fingerprint density at radius 1 is 1.19 bits per heavy atom. The van der Waals surface area contributed by atoms with Crippen molar-refractivity contribution in [2.24, 2.45) is 0 Å². The summed E-state index contributed by atoms with van der Waals surface area (Å²) >= 11 is 1.33. The molecule has 1 N–H and O–H groups in total. The Balaban J connectivity index is 2.14. The van der Waals surface area contributed by atoms with E-state index in [1.54, 1.807) is 18.6 Å². The highest BCUT2D eigenvalue weighted by Gasteiger charge is 2.15. The third kappa shape index (κ3) is 2.27. The van der Waals surface area contributed by atoms with E-state index < -0.39 is 5.69 Å². The van der Waals surface area contributed by atoms with E-state index in [-0.39, 0.29) is 11.6 Å². The molecule has 0 spiro atoms. The zero-order chi connectivity index (χ0) is 15.0.